The van der Waals surface area contributed by atoms with Crippen LogP contribution in [0.25, 0.3) is 11.6 Å². The molecule has 41 heavy (non-hydrogen) atoms. The van der Waals surface area contributed by atoms with Gasteiger partial charge in [-0.15, -0.1) is 0 Å². The van der Waals surface area contributed by atoms with Crippen molar-refractivity contribution in [2.45, 2.75) is 36.9 Å². The summed E-state index contributed by atoms with van der Waals surface area (Å²) in [5, 5.41) is 0.157. The van der Waals surface area contributed by atoms with E-state index in [0.29, 0.717) is 23.3 Å². The van der Waals surface area contributed by atoms with Crippen molar-refractivity contribution < 1.29 is 44.6 Å². The zero-order valence-electron chi connectivity index (χ0n) is 21.6. The molecule has 218 valence electrons. The summed E-state index contributed by atoms with van der Waals surface area (Å²) in [4.78, 5) is 10.8. The monoisotopic (exact) mass is 615 g/mol. The highest BCUT2D eigenvalue weighted by Gasteiger charge is 2.38. The van der Waals surface area contributed by atoms with Crippen LogP contribution in [0.3, 0.4) is 0 Å². The molecule has 6 nitrogen and oxygen atoms in total. The Balaban J connectivity index is 1.81. The lowest BCUT2D eigenvalue weighted by Crippen LogP contribution is -2.43. The number of anilines is 1. The van der Waals surface area contributed by atoms with E-state index in [0.717, 1.165) is 4.31 Å². The van der Waals surface area contributed by atoms with Crippen molar-refractivity contribution in [3.63, 3.8) is 0 Å². The summed E-state index contributed by atoms with van der Waals surface area (Å²) in [6.07, 6.45) is -4.43. The van der Waals surface area contributed by atoms with E-state index in [-0.39, 0.29) is 40.9 Å². The Labute approximate surface area is 238 Å². The normalized spacial score (nSPS) is 15.8. The highest BCUT2D eigenvalue weighted by molar-refractivity contribution is 7.92. The maximum atomic E-state index is 14.5. The predicted molar refractivity (Wildman–Crippen MR) is 143 cm³/mol. The van der Waals surface area contributed by atoms with Crippen molar-refractivity contribution in [1.29, 1.82) is 0 Å². The first-order chi connectivity index (χ1) is 19.2. The number of halogens is 6. The lowest BCUT2D eigenvalue weighted by molar-refractivity contribution is -0.141. The van der Waals surface area contributed by atoms with Gasteiger partial charge in [0.1, 0.15) is 23.5 Å². The SMILES string of the molecule is COC(=O)CCC1CN(S(=O)(=O)c2cc(F)cc(C(F)(F)F)c2)c2cc(/C=C(\C)c3c(F)cccc3Cl)ccc2O1. The molecule has 4 rings (SSSR count). The third-order valence-electron chi connectivity index (χ3n) is 6.34. The van der Waals surface area contributed by atoms with Crippen LogP contribution in [0.5, 0.6) is 5.75 Å². The standard InChI is InChI=1S/C28H23ClF5NO5S/c1-16(27-22(29)4-3-5-23(27)31)10-17-6-8-25-24(11-17)35(15-20(40-25)7-9-26(36)39-2)41(37,38)21-13-18(28(32,33)34)12-19(30)14-21/h3-6,8,10-14,20H,7,9,15H2,1-2H3/b16-10+. The number of nitrogens with zero attached hydrogens (tertiary/aromatic N) is 1. The molecule has 13 heteroatoms. The highest BCUT2D eigenvalue weighted by atomic mass is 35.5. The van der Waals surface area contributed by atoms with Crippen LogP contribution in [-0.4, -0.2) is 34.1 Å². The number of rotatable bonds is 7. The number of allylic oxidation sites excluding steroid dienone is 1. The van der Waals surface area contributed by atoms with Crippen LogP contribution in [0.15, 0.2) is 59.5 Å². The molecule has 3 aromatic carbocycles. The van der Waals surface area contributed by atoms with Crippen molar-refractivity contribution in [2.24, 2.45) is 0 Å². The highest BCUT2D eigenvalue weighted by Crippen LogP contribution is 2.40. The fourth-order valence-corrected chi connectivity index (χ4v) is 6.24. The number of sulfonamides is 1. The van der Waals surface area contributed by atoms with Crippen molar-refractivity contribution in [2.75, 3.05) is 18.0 Å². The lowest BCUT2D eigenvalue weighted by Gasteiger charge is -2.35. The van der Waals surface area contributed by atoms with Crippen LogP contribution in [0.4, 0.5) is 27.6 Å². The molecular formula is C28H23ClF5NO5S. The van der Waals surface area contributed by atoms with Gasteiger partial charge in [0.15, 0.2) is 0 Å². The smallest absolute Gasteiger partial charge is 0.416 e. The molecule has 1 atom stereocenters. The van der Waals surface area contributed by atoms with Crippen LogP contribution >= 0.6 is 11.6 Å². The summed E-state index contributed by atoms with van der Waals surface area (Å²) >= 11 is 6.16. The Morgan fingerprint density at radius 3 is 2.54 bits per heavy atom. The first kappa shape index (κ1) is 30.3. The Hall–Kier alpha value is -3.64. The first-order valence-electron chi connectivity index (χ1n) is 12.1. The van der Waals surface area contributed by atoms with Gasteiger partial charge in [0.05, 0.1) is 34.8 Å². The van der Waals surface area contributed by atoms with E-state index in [2.05, 4.69) is 4.74 Å². The van der Waals surface area contributed by atoms with Gasteiger partial charge in [0.2, 0.25) is 0 Å². The number of hydrogen-bond acceptors (Lipinski definition) is 5. The van der Waals surface area contributed by atoms with Gasteiger partial charge in [0, 0.05) is 12.0 Å². The zero-order valence-corrected chi connectivity index (χ0v) is 23.2. The number of fused-ring (bicyclic) bond motifs is 1. The van der Waals surface area contributed by atoms with Crippen LogP contribution in [0, 0.1) is 11.6 Å². The van der Waals surface area contributed by atoms with Gasteiger partial charge in [0.25, 0.3) is 10.0 Å². The largest absolute Gasteiger partial charge is 0.486 e. The van der Waals surface area contributed by atoms with Gasteiger partial charge < -0.3 is 9.47 Å². The summed E-state index contributed by atoms with van der Waals surface area (Å²) in [5.41, 5.74) is -0.572. The van der Waals surface area contributed by atoms with Crippen molar-refractivity contribution >= 4 is 44.9 Å². The summed E-state index contributed by atoms with van der Waals surface area (Å²) in [6, 6.07) is 9.64. The van der Waals surface area contributed by atoms with Crippen LogP contribution in [0.2, 0.25) is 5.02 Å². The number of ether oxygens (including phenoxy) is 2. The summed E-state index contributed by atoms with van der Waals surface area (Å²) in [7, 11) is -3.59. The molecule has 0 saturated heterocycles. The van der Waals surface area contributed by atoms with Gasteiger partial charge in [-0.3, -0.25) is 9.10 Å². The van der Waals surface area contributed by atoms with Gasteiger partial charge in [-0.05, 0) is 66.9 Å². The average Bonchev–Trinajstić information content (AvgIpc) is 2.90. The van der Waals surface area contributed by atoms with Gasteiger partial charge in [-0.1, -0.05) is 29.8 Å². The van der Waals surface area contributed by atoms with Crippen LogP contribution < -0.4 is 9.04 Å². The van der Waals surface area contributed by atoms with E-state index in [1.807, 2.05) is 0 Å². The number of carbonyl (C=O) groups is 1. The molecule has 0 spiro atoms. The number of hydrogen-bond donors (Lipinski definition) is 0. The molecule has 0 saturated carbocycles. The molecular weight excluding hydrogens is 593 g/mol. The van der Waals surface area contributed by atoms with Crippen LogP contribution in [-0.2, 0) is 25.7 Å². The molecule has 0 radical (unpaired) electrons. The number of alkyl halides is 3. The second-order valence-corrected chi connectivity index (χ2v) is 11.5. The molecule has 1 aliphatic heterocycles. The summed E-state index contributed by atoms with van der Waals surface area (Å²) in [5.74, 6) is -2.47. The second-order valence-electron chi connectivity index (χ2n) is 9.22. The van der Waals surface area contributed by atoms with E-state index < -0.39 is 56.9 Å². The number of esters is 1. The third-order valence-corrected chi connectivity index (χ3v) is 8.41. The van der Waals surface area contributed by atoms with E-state index in [4.69, 9.17) is 16.3 Å². The van der Waals surface area contributed by atoms with Crippen molar-refractivity contribution in [1.82, 2.24) is 0 Å². The Kier molecular flexibility index (Phi) is 8.65. The zero-order chi connectivity index (χ0) is 30.1. The topological polar surface area (TPSA) is 72.9 Å². The molecule has 0 aromatic heterocycles. The Morgan fingerprint density at radius 1 is 1.15 bits per heavy atom. The third kappa shape index (κ3) is 6.65. The van der Waals surface area contributed by atoms with E-state index in [1.54, 1.807) is 19.1 Å². The minimum Gasteiger partial charge on any atom is -0.486 e. The summed E-state index contributed by atoms with van der Waals surface area (Å²) < 4.78 is 108. The lowest BCUT2D eigenvalue weighted by atomic mass is 10.0. The molecule has 1 heterocycles. The molecule has 1 aliphatic rings. The maximum absolute atomic E-state index is 14.5. The fraction of sp³-hybridized carbons (Fsp3) is 0.250. The quantitative estimate of drug-likeness (QED) is 0.161. The van der Waals surface area contributed by atoms with Gasteiger partial charge in [-0.2, -0.15) is 13.2 Å². The molecule has 0 fully saturated rings. The van der Waals surface area contributed by atoms with E-state index in [1.165, 1.54) is 37.4 Å². The molecule has 3 aromatic rings. The fourth-order valence-electron chi connectivity index (χ4n) is 4.38. The second kappa shape index (κ2) is 11.7. The molecule has 0 N–H and O–H groups in total. The average molecular weight is 616 g/mol. The number of methoxy groups -OCH3 is 1. The number of carbonyl (C=O) groups excluding carboxylic acids is 1. The van der Waals surface area contributed by atoms with Crippen LogP contribution in [0.1, 0.15) is 36.5 Å². The van der Waals surface area contributed by atoms with E-state index in [9.17, 15) is 35.2 Å². The predicted octanol–water partition coefficient (Wildman–Crippen LogP) is 7.11. The molecule has 0 aliphatic carbocycles. The Bertz CT molecular complexity index is 1600. The molecule has 0 bridgehead atoms. The molecule has 1 unspecified atom stereocenters. The van der Waals surface area contributed by atoms with Gasteiger partial charge in [-0.25, -0.2) is 17.2 Å². The van der Waals surface area contributed by atoms with Crippen molar-refractivity contribution in [3.8, 4) is 5.75 Å². The Morgan fingerprint density at radius 2 is 1.88 bits per heavy atom. The van der Waals surface area contributed by atoms with Gasteiger partial charge >= 0.3 is 12.1 Å². The van der Waals surface area contributed by atoms with E-state index >= 15 is 0 Å². The maximum Gasteiger partial charge on any atom is 0.416 e. The minimum absolute atomic E-state index is 0.0294. The first-order valence-corrected chi connectivity index (χ1v) is 13.9. The number of benzene rings is 3. The minimum atomic E-state index is -5.00. The van der Waals surface area contributed by atoms with Crippen molar-refractivity contribution in [3.05, 3.63) is 87.9 Å². The summed E-state index contributed by atoms with van der Waals surface area (Å²) in [6.45, 7) is 1.21. The molecule has 0 amide bonds.